The normalized spacial score (nSPS) is 17.0. The summed E-state index contributed by atoms with van der Waals surface area (Å²) in [7, 11) is 0. The van der Waals surface area contributed by atoms with E-state index in [2.05, 4.69) is 30.7 Å². The van der Waals surface area contributed by atoms with Crippen molar-refractivity contribution in [3.8, 4) is 0 Å². The molecule has 9 nitrogen and oxygen atoms in total. The van der Waals surface area contributed by atoms with Gasteiger partial charge in [-0.05, 0) is 31.7 Å². The van der Waals surface area contributed by atoms with Crippen molar-refractivity contribution in [3.63, 3.8) is 0 Å². The second-order valence-corrected chi connectivity index (χ2v) is 8.19. The van der Waals surface area contributed by atoms with Gasteiger partial charge in [-0.2, -0.15) is 15.1 Å². The molecule has 9 heteroatoms. The molecule has 1 amide bonds. The highest BCUT2D eigenvalue weighted by atomic mass is 16.5. The number of hydrogen-bond donors (Lipinski definition) is 2. The molecule has 2 fully saturated rings. The molecule has 1 saturated heterocycles. The Morgan fingerprint density at radius 2 is 2.06 bits per heavy atom. The Balaban J connectivity index is 1.43. The van der Waals surface area contributed by atoms with Crippen LogP contribution in [-0.2, 0) is 4.74 Å². The molecule has 166 valence electrons. The molecular formula is C23H26N6O3. The third-order valence-corrected chi connectivity index (χ3v) is 5.77. The number of hydrazone groups is 1. The molecule has 0 bridgehead atoms. The summed E-state index contributed by atoms with van der Waals surface area (Å²) in [6, 6.07) is 9.98. The smallest absolute Gasteiger partial charge is 0.287 e. The number of carbonyl (C=O) groups excluding carboxylic acids is 1. The van der Waals surface area contributed by atoms with Crippen molar-refractivity contribution in [3.05, 3.63) is 47.2 Å². The molecule has 32 heavy (non-hydrogen) atoms. The number of morpholine rings is 1. The Bertz CT molecular complexity index is 1150. The van der Waals surface area contributed by atoms with E-state index in [0.29, 0.717) is 49.2 Å². The first-order valence-corrected chi connectivity index (χ1v) is 11.0. The van der Waals surface area contributed by atoms with Crippen molar-refractivity contribution in [2.45, 2.75) is 32.2 Å². The molecule has 1 aromatic carbocycles. The third kappa shape index (κ3) is 4.43. The number of nitrogens with one attached hydrogen (secondary N) is 2. The van der Waals surface area contributed by atoms with E-state index in [1.165, 1.54) is 0 Å². The number of benzene rings is 1. The van der Waals surface area contributed by atoms with E-state index in [1.807, 2.05) is 31.2 Å². The maximum absolute atomic E-state index is 12.6. The molecule has 1 saturated carbocycles. The fourth-order valence-corrected chi connectivity index (χ4v) is 3.81. The van der Waals surface area contributed by atoms with Crippen molar-refractivity contribution in [1.29, 1.82) is 0 Å². The zero-order valence-corrected chi connectivity index (χ0v) is 18.0. The summed E-state index contributed by atoms with van der Waals surface area (Å²) in [4.78, 5) is 23.9. The highest BCUT2D eigenvalue weighted by molar-refractivity contribution is 5.98. The van der Waals surface area contributed by atoms with E-state index >= 15 is 0 Å². The Labute approximate surface area is 185 Å². The van der Waals surface area contributed by atoms with E-state index in [9.17, 15) is 4.79 Å². The van der Waals surface area contributed by atoms with Gasteiger partial charge in [-0.15, -0.1) is 0 Å². The molecule has 3 heterocycles. The number of ether oxygens (including phenoxy) is 1. The first kappa shape index (κ1) is 20.4. The number of hydrogen-bond acceptors (Lipinski definition) is 8. The van der Waals surface area contributed by atoms with Gasteiger partial charge in [0.1, 0.15) is 5.82 Å². The molecule has 0 radical (unpaired) electrons. The van der Waals surface area contributed by atoms with E-state index < -0.39 is 0 Å². The summed E-state index contributed by atoms with van der Waals surface area (Å²) in [6.07, 6.45) is 4.89. The van der Waals surface area contributed by atoms with Crippen molar-refractivity contribution in [2.24, 2.45) is 5.10 Å². The summed E-state index contributed by atoms with van der Waals surface area (Å²) in [6.45, 7) is 4.67. The lowest BCUT2D eigenvalue weighted by atomic mass is 9.93. The molecule has 1 aliphatic carbocycles. The molecule has 2 aliphatic rings. The standard InChI is InChI=1S/C23H26N6O3/c1-15-4-2-5-16(12-15)14-24-28-23-26-20(29-8-10-31-11-9-29)18-13-19(32-22(18)27-23)21(30)25-17-6-3-7-17/h2,4-5,12-14,17H,3,6-11H2,1H3,(H,25,30)(H,26,27,28)/b24-14+. The molecule has 0 atom stereocenters. The summed E-state index contributed by atoms with van der Waals surface area (Å²) in [5.41, 5.74) is 5.39. The number of rotatable bonds is 6. The summed E-state index contributed by atoms with van der Waals surface area (Å²) in [5, 5.41) is 8.00. The second kappa shape index (κ2) is 8.96. The van der Waals surface area contributed by atoms with E-state index in [-0.39, 0.29) is 17.7 Å². The maximum Gasteiger partial charge on any atom is 0.287 e. The second-order valence-electron chi connectivity index (χ2n) is 8.19. The Morgan fingerprint density at radius 3 is 2.81 bits per heavy atom. The van der Waals surface area contributed by atoms with Gasteiger partial charge in [0, 0.05) is 25.2 Å². The Morgan fingerprint density at radius 1 is 1.22 bits per heavy atom. The van der Waals surface area contributed by atoms with Gasteiger partial charge in [-0.25, -0.2) is 5.43 Å². The monoisotopic (exact) mass is 434 g/mol. The van der Waals surface area contributed by atoms with Crippen LogP contribution in [0.5, 0.6) is 0 Å². The number of anilines is 2. The Kier molecular flexibility index (Phi) is 5.72. The average Bonchev–Trinajstić information content (AvgIpc) is 3.21. The average molecular weight is 435 g/mol. The lowest BCUT2D eigenvalue weighted by Gasteiger charge is -2.28. The van der Waals surface area contributed by atoms with Gasteiger partial charge in [-0.1, -0.05) is 29.8 Å². The highest BCUT2D eigenvalue weighted by Crippen LogP contribution is 2.29. The molecule has 0 spiro atoms. The van der Waals surface area contributed by atoms with Crippen LogP contribution in [0, 0.1) is 6.92 Å². The van der Waals surface area contributed by atoms with Crippen molar-refractivity contribution >= 4 is 35.0 Å². The van der Waals surface area contributed by atoms with E-state index in [0.717, 1.165) is 30.4 Å². The van der Waals surface area contributed by atoms with Crippen LogP contribution in [-0.4, -0.2) is 54.4 Å². The number of amides is 1. The van der Waals surface area contributed by atoms with Crippen molar-refractivity contribution in [2.75, 3.05) is 36.6 Å². The van der Waals surface area contributed by atoms with Gasteiger partial charge >= 0.3 is 0 Å². The van der Waals surface area contributed by atoms with Crippen molar-refractivity contribution in [1.82, 2.24) is 15.3 Å². The first-order chi connectivity index (χ1) is 15.7. The van der Waals surface area contributed by atoms with Gasteiger partial charge in [-0.3, -0.25) is 4.79 Å². The van der Waals surface area contributed by atoms with Gasteiger partial charge in [0.25, 0.3) is 5.91 Å². The van der Waals surface area contributed by atoms with Crippen LogP contribution in [0.15, 0.2) is 39.9 Å². The molecule has 2 aromatic heterocycles. The molecule has 0 unspecified atom stereocenters. The summed E-state index contributed by atoms with van der Waals surface area (Å²) >= 11 is 0. The van der Waals surface area contributed by atoms with Crippen LogP contribution in [0.1, 0.15) is 40.9 Å². The number of nitrogens with zero attached hydrogens (tertiary/aromatic N) is 4. The fourth-order valence-electron chi connectivity index (χ4n) is 3.81. The topological polar surface area (TPSA) is 105 Å². The van der Waals surface area contributed by atoms with Crippen LogP contribution in [0.4, 0.5) is 11.8 Å². The van der Waals surface area contributed by atoms with Crippen molar-refractivity contribution < 1.29 is 13.9 Å². The van der Waals surface area contributed by atoms with Gasteiger partial charge < -0.3 is 19.4 Å². The summed E-state index contributed by atoms with van der Waals surface area (Å²) in [5.74, 6) is 1.05. The molecule has 3 aromatic rings. The van der Waals surface area contributed by atoms with E-state index in [4.69, 9.17) is 9.15 Å². The predicted molar refractivity (Wildman–Crippen MR) is 122 cm³/mol. The van der Waals surface area contributed by atoms with Crippen LogP contribution >= 0.6 is 0 Å². The van der Waals surface area contributed by atoms with Crippen LogP contribution in [0.3, 0.4) is 0 Å². The molecule has 1 aliphatic heterocycles. The van der Waals surface area contributed by atoms with Crippen LogP contribution in [0.2, 0.25) is 0 Å². The lowest BCUT2D eigenvalue weighted by molar-refractivity contribution is 0.0890. The van der Waals surface area contributed by atoms with Crippen LogP contribution < -0.4 is 15.6 Å². The Hall–Kier alpha value is -3.46. The predicted octanol–water partition coefficient (Wildman–Crippen LogP) is 3.10. The minimum absolute atomic E-state index is 0.215. The number of aryl methyl sites for hydroxylation is 1. The lowest BCUT2D eigenvalue weighted by Crippen LogP contribution is -2.39. The highest BCUT2D eigenvalue weighted by Gasteiger charge is 2.25. The number of aromatic nitrogens is 2. The van der Waals surface area contributed by atoms with Crippen LogP contribution in [0.25, 0.3) is 11.1 Å². The van der Waals surface area contributed by atoms with E-state index in [1.54, 1.807) is 12.3 Å². The molecule has 2 N–H and O–H groups in total. The minimum Gasteiger partial charge on any atom is -0.432 e. The molecule has 5 rings (SSSR count). The number of furan rings is 1. The number of carbonyl (C=O) groups is 1. The fraction of sp³-hybridized carbons (Fsp3) is 0.391. The zero-order chi connectivity index (χ0) is 21.9. The number of fused-ring (bicyclic) bond motifs is 1. The largest absolute Gasteiger partial charge is 0.432 e. The SMILES string of the molecule is Cc1cccc(/C=N/Nc2nc(N3CCOCC3)c3cc(C(=O)NC4CCC4)oc3n2)c1. The van der Waals surface area contributed by atoms with Gasteiger partial charge in [0.2, 0.25) is 11.7 Å². The zero-order valence-electron chi connectivity index (χ0n) is 18.0. The quantitative estimate of drug-likeness (QED) is 0.454. The molecular weight excluding hydrogens is 408 g/mol. The minimum atomic E-state index is -0.215. The maximum atomic E-state index is 12.6. The third-order valence-electron chi connectivity index (χ3n) is 5.77. The van der Waals surface area contributed by atoms with Gasteiger partial charge in [0.15, 0.2) is 5.76 Å². The summed E-state index contributed by atoms with van der Waals surface area (Å²) < 4.78 is 11.3. The first-order valence-electron chi connectivity index (χ1n) is 11.0. The van der Waals surface area contributed by atoms with Gasteiger partial charge in [0.05, 0.1) is 24.8 Å².